The number of ether oxygens (including phenoxy) is 1. The number of rotatable bonds is 4. The van der Waals surface area contributed by atoms with E-state index in [1.165, 1.54) is 12.4 Å². The van der Waals surface area contributed by atoms with E-state index in [-0.39, 0.29) is 28.8 Å². The molecule has 0 spiro atoms. The van der Waals surface area contributed by atoms with Gasteiger partial charge in [-0.05, 0) is 37.8 Å². The van der Waals surface area contributed by atoms with Gasteiger partial charge in [0.25, 0.3) is 5.91 Å². The molecule has 1 aliphatic rings. The zero-order chi connectivity index (χ0) is 17.6. The molecule has 25 heavy (non-hydrogen) atoms. The van der Waals surface area contributed by atoms with Crippen molar-refractivity contribution >= 4 is 17.5 Å². The number of aromatic nitrogens is 3. The predicted octanol–water partition coefficient (Wildman–Crippen LogP) is 2.52. The molecule has 1 aliphatic carbocycles. The molecular formula is C17H16ClN5O2. The predicted molar refractivity (Wildman–Crippen MR) is 90.1 cm³/mol. The second kappa shape index (κ2) is 7.90. The van der Waals surface area contributed by atoms with Gasteiger partial charge in [-0.2, -0.15) is 10.4 Å². The third kappa shape index (κ3) is 4.43. The van der Waals surface area contributed by atoms with Gasteiger partial charge in [0.05, 0.1) is 17.3 Å². The Morgan fingerprint density at radius 3 is 2.80 bits per heavy atom. The van der Waals surface area contributed by atoms with Crippen molar-refractivity contribution in [1.29, 1.82) is 5.26 Å². The van der Waals surface area contributed by atoms with Crippen LogP contribution in [0.2, 0.25) is 5.02 Å². The van der Waals surface area contributed by atoms with Crippen LogP contribution in [0.25, 0.3) is 0 Å². The number of nitrogens with one attached hydrogen (secondary N) is 1. The largest absolute Gasteiger partial charge is 0.489 e. The molecule has 2 aromatic rings. The lowest BCUT2D eigenvalue weighted by Crippen LogP contribution is -2.40. The maximum absolute atomic E-state index is 12.1. The number of hydrogen-bond acceptors (Lipinski definition) is 6. The van der Waals surface area contributed by atoms with Crippen LogP contribution in [0.3, 0.4) is 0 Å². The molecule has 0 aliphatic heterocycles. The number of amides is 1. The molecule has 0 bridgehead atoms. The van der Waals surface area contributed by atoms with Gasteiger partial charge in [-0.3, -0.25) is 4.79 Å². The van der Waals surface area contributed by atoms with Gasteiger partial charge in [0, 0.05) is 18.3 Å². The van der Waals surface area contributed by atoms with Crippen molar-refractivity contribution in [2.24, 2.45) is 0 Å². The quantitative estimate of drug-likeness (QED) is 0.902. The van der Waals surface area contributed by atoms with Crippen LogP contribution in [0.15, 0.2) is 30.6 Å². The fourth-order valence-electron chi connectivity index (χ4n) is 2.77. The molecule has 3 rings (SSSR count). The van der Waals surface area contributed by atoms with Crippen molar-refractivity contribution in [1.82, 2.24) is 20.5 Å². The first-order valence-electron chi connectivity index (χ1n) is 7.96. The normalized spacial score (nSPS) is 19.7. The highest BCUT2D eigenvalue weighted by molar-refractivity contribution is 6.31. The van der Waals surface area contributed by atoms with Crippen LogP contribution < -0.4 is 10.1 Å². The maximum Gasteiger partial charge on any atom is 0.272 e. The highest BCUT2D eigenvalue weighted by Gasteiger charge is 2.24. The van der Waals surface area contributed by atoms with E-state index in [2.05, 4.69) is 20.5 Å². The van der Waals surface area contributed by atoms with Crippen molar-refractivity contribution in [3.8, 4) is 11.8 Å². The number of nitriles is 1. The summed E-state index contributed by atoms with van der Waals surface area (Å²) in [6.07, 6.45) is 6.32. The molecule has 2 aromatic heterocycles. The molecule has 1 saturated carbocycles. The summed E-state index contributed by atoms with van der Waals surface area (Å²) in [6, 6.07) is 6.94. The summed E-state index contributed by atoms with van der Waals surface area (Å²) in [5.41, 5.74) is 0.503. The fourth-order valence-corrected chi connectivity index (χ4v) is 2.97. The highest BCUT2D eigenvalue weighted by atomic mass is 35.5. The second-order valence-corrected chi connectivity index (χ2v) is 6.19. The van der Waals surface area contributed by atoms with Gasteiger partial charge in [-0.25, -0.2) is 4.98 Å². The SMILES string of the molecule is N#Cc1ncc(OC2CCC(NC(=O)c3cccnn3)CC2)cc1Cl. The van der Waals surface area contributed by atoms with E-state index in [9.17, 15) is 4.79 Å². The summed E-state index contributed by atoms with van der Waals surface area (Å²) in [5, 5.41) is 19.6. The lowest BCUT2D eigenvalue weighted by molar-refractivity contribution is 0.0888. The Hall–Kier alpha value is -2.72. The lowest BCUT2D eigenvalue weighted by atomic mass is 9.93. The Morgan fingerprint density at radius 2 is 2.16 bits per heavy atom. The zero-order valence-electron chi connectivity index (χ0n) is 13.4. The van der Waals surface area contributed by atoms with Crippen molar-refractivity contribution in [3.05, 3.63) is 47.0 Å². The van der Waals surface area contributed by atoms with E-state index >= 15 is 0 Å². The second-order valence-electron chi connectivity index (χ2n) is 5.79. The molecular weight excluding hydrogens is 342 g/mol. The van der Waals surface area contributed by atoms with Gasteiger partial charge in [-0.1, -0.05) is 11.6 Å². The first-order chi connectivity index (χ1) is 12.2. The number of halogens is 1. The maximum atomic E-state index is 12.1. The van der Waals surface area contributed by atoms with E-state index in [0.29, 0.717) is 11.4 Å². The van der Waals surface area contributed by atoms with Crippen molar-refractivity contribution < 1.29 is 9.53 Å². The minimum absolute atomic E-state index is 0.0375. The molecule has 0 aromatic carbocycles. The van der Waals surface area contributed by atoms with Gasteiger partial charge in [0.2, 0.25) is 0 Å². The van der Waals surface area contributed by atoms with Gasteiger partial charge in [0.15, 0.2) is 11.4 Å². The van der Waals surface area contributed by atoms with E-state index in [1.54, 1.807) is 18.2 Å². The number of pyridine rings is 1. The molecule has 8 heteroatoms. The first-order valence-corrected chi connectivity index (χ1v) is 8.34. The summed E-state index contributed by atoms with van der Waals surface area (Å²) in [5.74, 6) is 0.344. The molecule has 7 nitrogen and oxygen atoms in total. The zero-order valence-corrected chi connectivity index (χ0v) is 14.1. The topological polar surface area (TPSA) is 101 Å². The lowest BCUT2D eigenvalue weighted by Gasteiger charge is -2.29. The molecule has 1 N–H and O–H groups in total. The van der Waals surface area contributed by atoms with Crippen LogP contribution >= 0.6 is 11.6 Å². The molecule has 1 fully saturated rings. The smallest absolute Gasteiger partial charge is 0.272 e. The number of carbonyl (C=O) groups excluding carboxylic acids is 1. The first kappa shape index (κ1) is 17.1. The minimum Gasteiger partial charge on any atom is -0.489 e. The van der Waals surface area contributed by atoms with Crippen molar-refractivity contribution in [3.63, 3.8) is 0 Å². The van der Waals surface area contributed by atoms with E-state index in [0.717, 1.165) is 25.7 Å². The Labute approximate surface area is 150 Å². The van der Waals surface area contributed by atoms with E-state index in [1.807, 2.05) is 6.07 Å². The van der Waals surface area contributed by atoms with E-state index in [4.69, 9.17) is 21.6 Å². The summed E-state index contributed by atoms with van der Waals surface area (Å²) in [7, 11) is 0. The molecule has 0 radical (unpaired) electrons. The van der Waals surface area contributed by atoms with Crippen LogP contribution in [-0.2, 0) is 0 Å². The Morgan fingerprint density at radius 1 is 1.36 bits per heavy atom. The van der Waals surface area contributed by atoms with Crippen LogP contribution in [0, 0.1) is 11.3 Å². The van der Waals surface area contributed by atoms with E-state index < -0.39 is 0 Å². The van der Waals surface area contributed by atoms with Crippen LogP contribution in [0.4, 0.5) is 0 Å². The van der Waals surface area contributed by atoms with Crippen LogP contribution in [0.1, 0.15) is 41.9 Å². The van der Waals surface area contributed by atoms with Gasteiger partial charge >= 0.3 is 0 Å². The molecule has 2 heterocycles. The Bertz CT molecular complexity index is 785. The summed E-state index contributed by atoms with van der Waals surface area (Å²) in [4.78, 5) is 16.1. The number of hydrogen-bond donors (Lipinski definition) is 1. The molecule has 128 valence electrons. The number of carbonyl (C=O) groups is 1. The van der Waals surface area contributed by atoms with Gasteiger partial charge < -0.3 is 10.1 Å². The molecule has 0 saturated heterocycles. The summed E-state index contributed by atoms with van der Waals surface area (Å²) >= 11 is 5.96. The average molecular weight is 358 g/mol. The molecule has 0 atom stereocenters. The van der Waals surface area contributed by atoms with Gasteiger partial charge in [-0.15, -0.1) is 5.10 Å². The Balaban J connectivity index is 1.50. The molecule has 1 amide bonds. The minimum atomic E-state index is -0.208. The van der Waals surface area contributed by atoms with Crippen LogP contribution in [0.5, 0.6) is 5.75 Å². The summed E-state index contributed by atoms with van der Waals surface area (Å²) in [6.45, 7) is 0. The highest BCUT2D eigenvalue weighted by Crippen LogP contribution is 2.26. The fraction of sp³-hybridized carbons (Fsp3) is 0.353. The van der Waals surface area contributed by atoms with Crippen molar-refractivity contribution in [2.75, 3.05) is 0 Å². The monoisotopic (exact) mass is 357 g/mol. The third-order valence-electron chi connectivity index (χ3n) is 4.04. The summed E-state index contributed by atoms with van der Waals surface area (Å²) < 4.78 is 5.88. The average Bonchev–Trinajstić information content (AvgIpc) is 2.64. The molecule has 0 unspecified atom stereocenters. The Kier molecular flexibility index (Phi) is 5.41. The standard InChI is InChI=1S/C17H16ClN5O2/c18-14-8-13(10-20-16(14)9-19)25-12-5-3-11(4-6-12)22-17(24)15-2-1-7-21-23-15/h1-2,7-8,10-12H,3-6H2,(H,22,24). The third-order valence-corrected chi connectivity index (χ3v) is 4.33. The van der Waals surface area contributed by atoms with Gasteiger partial charge in [0.1, 0.15) is 11.8 Å². The van der Waals surface area contributed by atoms with Crippen molar-refractivity contribution in [2.45, 2.75) is 37.8 Å². The number of nitrogens with zero attached hydrogens (tertiary/aromatic N) is 4. The van der Waals surface area contributed by atoms with Crippen LogP contribution in [-0.4, -0.2) is 33.2 Å².